The highest BCUT2D eigenvalue weighted by Crippen LogP contribution is 2.39. The van der Waals surface area contributed by atoms with Gasteiger partial charge < -0.3 is 9.13 Å². The Morgan fingerprint density at radius 1 is 0.394 bits per heavy atom. The molecule has 2 heterocycles. The van der Waals surface area contributed by atoms with Crippen LogP contribution in [0.15, 0.2) is 115 Å². The zero-order valence-corrected chi connectivity index (χ0v) is 18.4. The second kappa shape index (κ2) is 6.85. The lowest BCUT2D eigenvalue weighted by atomic mass is 10.1. The van der Waals surface area contributed by atoms with Crippen LogP contribution in [0.4, 0.5) is 0 Å². The number of hydrogen-bond donors (Lipinski definition) is 0. The van der Waals surface area contributed by atoms with Gasteiger partial charge in [-0.15, -0.1) is 0 Å². The molecule has 0 aliphatic heterocycles. The minimum atomic E-state index is 1.18. The molecule has 0 N–H and O–H groups in total. The zero-order valence-electron chi connectivity index (χ0n) is 18.4. The van der Waals surface area contributed by atoms with Gasteiger partial charge in [0, 0.05) is 32.9 Å². The SMILES string of the molecule is Cc1ccc2c(c1)c1cc3c4ccccc4n(-c4ccccc4)c3cc1n2-c1ccccc1. The Kier molecular flexibility index (Phi) is 3.80. The molecule has 33 heavy (non-hydrogen) atoms. The van der Waals surface area contributed by atoms with Crippen LogP contribution in [0.25, 0.3) is 55.0 Å². The van der Waals surface area contributed by atoms with E-state index >= 15 is 0 Å². The van der Waals surface area contributed by atoms with Crippen molar-refractivity contribution in [2.45, 2.75) is 6.92 Å². The van der Waals surface area contributed by atoms with Gasteiger partial charge in [0.05, 0.1) is 22.1 Å². The standard InChI is InChI=1S/C31H22N2/c1-21-16-17-29-25(18-21)27-19-26-24-14-8-9-15-28(24)32(22-10-4-2-5-11-22)30(26)20-31(27)33(29)23-12-6-3-7-13-23/h2-20H,1H3. The molecule has 7 aromatic rings. The maximum absolute atomic E-state index is 2.40. The molecule has 0 amide bonds. The van der Waals surface area contributed by atoms with Crippen molar-refractivity contribution < 1.29 is 0 Å². The fourth-order valence-corrected chi connectivity index (χ4v) is 5.31. The maximum Gasteiger partial charge on any atom is 0.0562 e. The summed E-state index contributed by atoms with van der Waals surface area (Å²) < 4.78 is 4.79. The molecule has 0 spiro atoms. The first-order chi connectivity index (χ1) is 16.3. The molecule has 0 unspecified atom stereocenters. The normalized spacial score (nSPS) is 11.8. The molecule has 2 nitrogen and oxygen atoms in total. The third-order valence-corrected chi connectivity index (χ3v) is 6.74. The van der Waals surface area contributed by atoms with E-state index in [1.54, 1.807) is 0 Å². The van der Waals surface area contributed by atoms with Gasteiger partial charge in [0.15, 0.2) is 0 Å². The molecule has 0 atom stereocenters. The van der Waals surface area contributed by atoms with E-state index in [9.17, 15) is 0 Å². The Labute approximate surface area is 191 Å². The van der Waals surface area contributed by atoms with E-state index in [4.69, 9.17) is 0 Å². The lowest BCUT2D eigenvalue weighted by Crippen LogP contribution is -1.95. The molecule has 0 fully saturated rings. The maximum atomic E-state index is 2.40. The van der Waals surface area contributed by atoms with Crippen LogP contribution in [0.2, 0.25) is 0 Å². The van der Waals surface area contributed by atoms with Crippen LogP contribution in [0, 0.1) is 6.92 Å². The summed E-state index contributed by atoms with van der Waals surface area (Å²) in [5.74, 6) is 0. The van der Waals surface area contributed by atoms with Crippen molar-refractivity contribution in [2.75, 3.05) is 0 Å². The molecule has 0 saturated heterocycles. The summed E-state index contributed by atoms with van der Waals surface area (Å²) in [5, 5.41) is 5.16. The number of aromatic nitrogens is 2. The first kappa shape index (κ1) is 18.3. The number of rotatable bonds is 2. The topological polar surface area (TPSA) is 9.86 Å². The number of fused-ring (bicyclic) bond motifs is 6. The van der Waals surface area contributed by atoms with Crippen molar-refractivity contribution in [2.24, 2.45) is 0 Å². The molecule has 156 valence electrons. The molecule has 0 aliphatic rings. The van der Waals surface area contributed by atoms with Crippen molar-refractivity contribution in [3.63, 3.8) is 0 Å². The first-order valence-electron chi connectivity index (χ1n) is 11.4. The van der Waals surface area contributed by atoms with E-state index in [0.29, 0.717) is 0 Å². The average molecular weight is 423 g/mol. The summed E-state index contributed by atoms with van der Waals surface area (Å²) in [6, 6.07) is 41.6. The van der Waals surface area contributed by atoms with Gasteiger partial charge in [-0.3, -0.25) is 0 Å². The summed E-state index contributed by atoms with van der Waals surface area (Å²) >= 11 is 0. The van der Waals surface area contributed by atoms with Gasteiger partial charge in [-0.1, -0.05) is 66.2 Å². The number of hydrogen-bond acceptors (Lipinski definition) is 0. The van der Waals surface area contributed by atoms with Crippen molar-refractivity contribution >= 4 is 43.6 Å². The highest BCUT2D eigenvalue weighted by molar-refractivity contribution is 6.19. The molecule has 0 saturated carbocycles. The Bertz CT molecular complexity index is 1800. The van der Waals surface area contributed by atoms with Crippen molar-refractivity contribution in [3.8, 4) is 11.4 Å². The lowest BCUT2D eigenvalue weighted by molar-refractivity contribution is 1.16. The second-order valence-electron chi connectivity index (χ2n) is 8.77. The zero-order chi connectivity index (χ0) is 21.9. The second-order valence-corrected chi connectivity index (χ2v) is 8.77. The molecule has 7 rings (SSSR count). The molecule has 0 aliphatic carbocycles. The van der Waals surface area contributed by atoms with Gasteiger partial charge in [0.1, 0.15) is 0 Å². The highest BCUT2D eigenvalue weighted by atomic mass is 15.0. The largest absolute Gasteiger partial charge is 0.309 e. The molecule has 5 aromatic carbocycles. The van der Waals surface area contributed by atoms with Gasteiger partial charge in [-0.05, 0) is 61.5 Å². The average Bonchev–Trinajstić information content (AvgIpc) is 3.35. The lowest BCUT2D eigenvalue weighted by Gasteiger charge is -2.10. The van der Waals surface area contributed by atoms with Crippen LogP contribution < -0.4 is 0 Å². The van der Waals surface area contributed by atoms with Crippen LogP contribution in [-0.4, -0.2) is 9.13 Å². The van der Waals surface area contributed by atoms with Crippen molar-refractivity contribution in [3.05, 3.63) is 121 Å². The quantitative estimate of drug-likeness (QED) is 0.266. The van der Waals surface area contributed by atoms with Crippen molar-refractivity contribution in [1.82, 2.24) is 9.13 Å². The molecule has 2 aromatic heterocycles. The Morgan fingerprint density at radius 3 is 1.58 bits per heavy atom. The van der Waals surface area contributed by atoms with Gasteiger partial charge in [-0.25, -0.2) is 0 Å². The van der Waals surface area contributed by atoms with E-state index in [0.717, 1.165) is 0 Å². The number of aryl methyl sites for hydroxylation is 1. The van der Waals surface area contributed by atoms with Crippen LogP contribution in [0.1, 0.15) is 5.56 Å². The van der Waals surface area contributed by atoms with Crippen LogP contribution in [0.3, 0.4) is 0 Å². The fourth-order valence-electron chi connectivity index (χ4n) is 5.31. The highest BCUT2D eigenvalue weighted by Gasteiger charge is 2.18. The van der Waals surface area contributed by atoms with E-state index in [2.05, 4.69) is 131 Å². The number of benzene rings is 5. The summed E-state index contributed by atoms with van der Waals surface area (Å²) in [6.45, 7) is 2.17. The molecular weight excluding hydrogens is 400 g/mol. The third kappa shape index (κ3) is 2.61. The fraction of sp³-hybridized carbons (Fsp3) is 0.0323. The summed E-state index contributed by atoms with van der Waals surface area (Å²) in [4.78, 5) is 0. The van der Waals surface area contributed by atoms with Crippen molar-refractivity contribution in [1.29, 1.82) is 0 Å². The minimum Gasteiger partial charge on any atom is -0.309 e. The van der Waals surface area contributed by atoms with E-state index in [1.165, 1.54) is 60.5 Å². The number of para-hydroxylation sites is 3. The Morgan fingerprint density at radius 2 is 0.909 bits per heavy atom. The molecular formula is C31H22N2. The van der Waals surface area contributed by atoms with Gasteiger partial charge in [-0.2, -0.15) is 0 Å². The minimum absolute atomic E-state index is 1.18. The van der Waals surface area contributed by atoms with Crippen LogP contribution in [-0.2, 0) is 0 Å². The van der Waals surface area contributed by atoms with E-state index in [1.807, 2.05) is 0 Å². The van der Waals surface area contributed by atoms with Gasteiger partial charge in [0.2, 0.25) is 0 Å². The predicted molar refractivity (Wildman–Crippen MR) is 140 cm³/mol. The van der Waals surface area contributed by atoms with Crippen LogP contribution >= 0.6 is 0 Å². The van der Waals surface area contributed by atoms with E-state index in [-0.39, 0.29) is 0 Å². The van der Waals surface area contributed by atoms with Crippen LogP contribution in [0.5, 0.6) is 0 Å². The number of nitrogens with zero attached hydrogens (tertiary/aromatic N) is 2. The summed E-state index contributed by atoms with van der Waals surface area (Å²) in [6.07, 6.45) is 0. The Balaban J connectivity index is 1.72. The first-order valence-corrected chi connectivity index (χ1v) is 11.4. The molecule has 0 bridgehead atoms. The summed E-state index contributed by atoms with van der Waals surface area (Å²) in [5.41, 5.74) is 8.58. The predicted octanol–water partition coefficient (Wildman–Crippen LogP) is 8.19. The Hall–Kier alpha value is -4.30. The summed E-state index contributed by atoms with van der Waals surface area (Å²) in [7, 11) is 0. The monoisotopic (exact) mass is 422 g/mol. The van der Waals surface area contributed by atoms with Gasteiger partial charge in [0.25, 0.3) is 0 Å². The molecule has 2 heteroatoms. The smallest absolute Gasteiger partial charge is 0.0562 e. The van der Waals surface area contributed by atoms with E-state index < -0.39 is 0 Å². The molecule has 0 radical (unpaired) electrons. The third-order valence-electron chi connectivity index (χ3n) is 6.74. The van der Waals surface area contributed by atoms with Gasteiger partial charge >= 0.3 is 0 Å².